The molecular formula is C11H16N2O3S. The van der Waals surface area contributed by atoms with Crippen LogP contribution in [0.3, 0.4) is 0 Å². The van der Waals surface area contributed by atoms with E-state index >= 15 is 0 Å². The van der Waals surface area contributed by atoms with Crippen molar-refractivity contribution < 1.29 is 14.3 Å². The number of carbonyl (C=O) groups excluding carboxylic acids is 1. The molecule has 6 heteroatoms. The largest absolute Gasteiger partial charge is 0.377 e. The lowest BCUT2D eigenvalue weighted by molar-refractivity contribution is -0.144. The number of hydrogen-bond acceptors (Lipinski definition) is 5. The highest BCUT2D eigenvalue weighted by Gasteiger charge is 2.29. The summed E-state index contributed by atoms with van der Waals surface area (Å²) in [5.74, 6) is -0.00791. The second-order valence-corrected chi connectivity index (χ2v) is 4.96. The molecule has 0 aromatic carbocycles. The first kappa shape index (κ1) is 12.5. The Labute approximate surface area is 104 Å². The molecule has 1 aliphatic rings. The number of carbonyl (C=O) groups is 1. The first-order valence-corrected chi connectivity index (χ1v) is 6.38. The minimum Gasteiger partial charge on any atom is -0.377 e. The van der Waals surface area contributed by atoms with Gasteiger partial charge in [-0.25, -0.2) is 4.98 Å². The molecule has 1 fully saturated rings. The maximum absolute atomic E-state index is 11.9. The van der Waals surface area contributed by atoms with Crippen molar-refractivity contribution in [2.24, 2.45) is 0 Å². The molecule has 94 valence electrons. The second-order valence-electron chi connectivity index (χ2n) is 3.90. The van der Waals surface area contributed by atoms with Crippen LogP contribution >= 0.6 is 11.3 Å². The molecule has 1 atom stereocenters. The molecule has 1 saturated heterocycles. The number of nitrogens with zero attached hydrogens (tertiary/aromatic N) is 2. The van der Waals surface area contributed by atoms with E-state index in [1.54, 1.807) is 16.2 Å². The van der Waals surface area contributed by atoms with Gasteiger partial charge in [0, 0.05) is 19.0 Å². The molecule has 0 saturated carbocycles. The van der Waals surface area contributed by atoms with Crippen LogP contribution in [0.2, 0.25) is 0 Å². The number of morpholine rings is 1. The number of ether oxygens (including phenoxy) is 2. The van der Waals surface area contributed by atoms with Crippen molar-refractivity contribution in [3.8, 4) is 0 Å². The Morgan fingerprint density at radius 1 is 1.76 bits per heavy atom. The van der Waals surface area contributed by atoms with E-state index < -0.39 is 0 Å². The summed E-state index contributed by atoms with van der Waals surface area (Å²) in [5, 5.41) is 2.99. The van der Waals surface area contributed by atoms with Crippen molar-refractivity contribution in [3.63, 3.8) is 0 Å². The van der Waals surface area contributed by atoms with Gasteiger partial charge >= 0.3 is 0 Å². The fourth-order valence-corrected chi connectivity index (χ4v) is 2.55. The molecule has 0 aliphatic carbocycles. The van der Waals surface area contributed by atoms with E-state index in [1.165, 1.54) is 7.11 Å². The molecule has 0 N–H and O–H groups in total. The summed E-state index contributed by atoms with van der Waals surface area (Å²) in [7, 11) is 1.53. The topological polar surface area (TPSA) is 51.7 Å². The molecular weight excluding hydrogens is 240 g/mol. The molecule has 5 nitrogen and oxygen atoms in total. The molecule has 1 amide bonds. The fourth-order valence-electron chi connectivity index (χ4n) is 1.89. The van der Waals surface area contributed by atoms with Crippen LogP contribution in [0.15, 0.2) is 5.38 Å². The first-order valence-electron chi connectivity index (χ1n) is 5.50. The Bertz CT molecular complexity index is 394. The lowest BCUT2D eigenvalue weighted by Crippen LogP contribution is -2.45. The Morgan fingerprint density at radius 2 is 2.59 bits per heavy atom. The summed E-state index contributed by atoms with van der Waals surface area (Å²) in [6.45, 7) is 3.76. The van der Waals surface area contributed by atoms with E-state index in [1.807, 2.05) is 12.3 Å². The minimum absolute atomic E-state index is 0.00791. The van der Waals surface area contributed by atoms with Crippen molar-refractivity contribution in [2.45, 2.75) is 13.0 Å². The average Bonchev–Trinajstić information content (AvgIpc) is 2.76. The summed E-state index contributed by atoms with van der Waals surface area (Å²) in [5.41, 5.74) is 0.914. The number of thiazole rings is 1. The molecule has 0 bridgehead atoms. The highest BCUT2D eigenvalue weighted by atomic mass is 32.1. The molecule has 2 rings (SSSR count). The van der Waals surface area contributed by atoms with Crippen LogP contribution in [0, 0.1) is 6.92 Å². The zero-order valence-corrected chi connectivity index (χ0v) is 10.8. The van der Waals surface area contributed by atoms with Gasteiger partial charge in [0.25, 0.3) is 0 Å². The number of amides is 1. The van der Waals surface area contributed by atoms with Gasteiger partial charge in [0.05, 0.1) is 30.0 Å². The van der Waals surface area contributed by atoms with Crippen molar-refractivity contribution in [1.29, 1.82) is 0 Å². The van der Waals surface area contributed by atoms with Crippen LogP contribution in [-0.4, -0.2) is 49.3 Å². The van der Waals surface area contributed by atoms with Crippen LogP contribution in [0.1, 0.15) is 16.7 Å². The van der Waals surface area contributed by atoms with Crippen LogP contribution in [0.25, 0.3) is 0 Å². The molecule has 1 aromatic heterocycles. The molecule has 1 unspecified atom stereocenters. The lowest BCUT2D eigenvalue weighted by Gasteiger charge is -2.34. The third kappa shape index (κ3) is 2.83. The average molecular weight is 256 g/mol. The fraction of sp³-hybridized carbons (Fsp3) is 0.636. The van der Waals surface area contributed by atoms with Gasteiger partial charge in [0.2, 0.25) is 5.91 Å². The predicted molar refractivity (Wildman–Crippen MR) is 64.0 cm³/mol. The van der Waals surface area contributed by atoms with E-state index in [4.69, 9.17) is 9.47 Å². The van der Waals surface area contributed by atoms with Crippen LogP contribution in [0.4, 0.5) is 0 Å². The number of hydrogen-bond donors (Lipinski definition) is 0. The molecule has 1 aromatic rings. The van der Waals surface area contributed by atoms with Crippen LogP contribution in [-0.2, 0) is 14.3 Å². The Hall–Kier alpha value is -0.980. The van der Waals surface area contributed by atoms with Crippen molar-refractivity contribution >= 4 is 17.2 Å². The quantitative estimate of drug-likeness (QED) is 0.809. The maximum Gasteiger partial charge on any atom is 0.249 e. The standard InChI is InChI=1S/C11H16N2O3S/c1-8-12-9(7-17-8)10-5-16-4-3-13(10)11(14)6-15-2/h7,10H,3-6H2,1-2H3. The Morgan fingerprint density at radius 3 is 3.24 bits per heavy atom. The summed E-state index contributed by atoms with van der Waals surface area (Å²) >= 11 is 1.59. The Balaban J connectivity index is 2.14. The van der Waals surface area contributed by atoms with Gasteiger partial charge in [-0.3, -0.25) is 4.79 Å². The third-order valence-electron chi connectivity index (χ3n) is 2.69. The molecule has 0 spiro atoms. The normalized spacial score (nSPS) is 20.6. The SMILES string of the molecule is COCC(=O)N1CCOCC1c1csc(C)n1. The summed E-state index contributed by atoms with van der Waals surface area (Å²) in [6, 6.07) is -0.0728. The second kappa shape index (κ2) is 5.57. The van der Waals surface area contributed by atoms with E-state index in [9.17, 15) is 4.79 Å². The molecule has 0 radical (unpaired) electrons. The van der Waals surface area contributed by atoms with Gasteiger partial charge in [0.1, 0.15) is 6.61 Å². The number of methoxy groups -OCH3 is 1. The number of rotatable bonds is 3. The van der Waals surface area contributed by atoms with Crippen LogP contribution < -0.4 is 0 Å². The highest BCUT2D eigenvalue weighted by molar-refractivity contribution is 7.09. The lowest BCUT2D eigenvalue weighted by atomic mass is 10.1. The van der Waals surface area contributed by atoms with Gasteiger partial charge in [-0.1, -0.05) is 0 Å². The highest BCUT2D eigenvalue weighted by Crippen LogP contribution is 2.25. The van der Waals surface area contributed by atoms with E-state index in [0.29, 0.717) is 19.8 Å². The minimum atomic E-state index is -0.0728. The van der Waals surface area contributed by atoms with E-state index in [2.05, 4.69) is 4.98 Å². The van der Waals surface area contributed by atoms with E-state index in [-0.39, 0.29) is 18.6 Å². The summed E-state index contributed by atoms with van der Waals surface area (Å²) in [4.78, 5) is 18.1. The molecule has 17 heavy (non-hydrogen) atoms. The van der Waals surface area contributed by atoms with Gasteiger partial charge in [-0.2, -0.15) is 0 Å². The maximum atomic E-state index is 11.9. The number of aromatic nitrogens is 1. The van der Waals surface area contributed by atoms with Crippen molar-refractivity contribution in [3.05, 3.63) is 16.1 Å². The van der Waals surface area contributed by atoms with Crippen LogP contribution in [0.5, 0.6) is 0 Å². The van der Waals surface area contributed by atoms with Gasteiger partial charge in [-0.05, 0) is 6.92 Å². The smallest absolute Gasteiger partial charge is 0.249 e. The number of aryl methyl sites for hydroxylation is 1. The zero-order chi connectivity index (χ0) is 12.3. The van der Waals surface area contributed by atoms with E-state index in [0.717, 1.165) is 10.7 Å². The van der Waals surface area contributed by atoms with Gasteiger partial charge in [-0.15, -0.1) is 11.3 Å². The molecule has 1 aliphatic heterocycles. The predicted octanol–water partition coefficient (Wildman–Crippen LogP) is 0.998. The van der Waals surface area contributed by atoms with Gasteiger partial charge in [0.15, 0.2) is 0 Å². The van der Waals surface area contributed by atoms with Gasteiger partial charge < -0.3 is 14.4 Å². The van der Waals surface area contributed by atoms with Crippen molar-refractivity contribution in [2.75, 3.05) is 33.5 Å². The Kier molecular flexibility index (Phi) is 4.09. The monoisotopic (exact) mass is 256 g/mol. The zero-order valence-electron chi connectivity index (χ0n) is 10.0. The molecule has 2 heterocycles. The third-order valence-corrected chi connectivity index (χ3v) is 3.49. The first-order chi connectivity index (χ1) is 8.22. The van der Waals surface area contributed by atoms with Crippen molar-refractivity contribution in [1.82, 2.24) is 9.88 Å². The summed E-state index contributed by atoms with van der Waals surface area (Å²) in [6.07, 6.45) is 0. The summed E-state index contributed by atoms with van der Waals surface area (Å²) < 4.78 is 10.3.